The van der Waals surface area contributed by atoms with Gasteiger partial charge in [0.2, 0.25) is 11.8 Å². The maximum atomic E-state index is 13.0. The lowest BCUT2D eigenvalue weighted by atomic mass is 9.78. The van der Waals surface area contributed by atoms with Gasteiger partial charge in [-0.05, 0) is 16.6 Å². The Kier molecular flexibility index (Phi) is 9.91. The van der Waals surface area contributed by atoms with Crippen LogP contribution in [0.1, 0.15) is 18.1 Å². The summed E-state index contributed by atoms with van der Waals surface area (Å²) in [4.78, 5) is 37.0. The number of ether oxygens (including phenoxy) is 1. The van der Waals surface area contributed by atoms with Crippen LogP contribution in [-0.4, -0.2) is 58.3 Å². The molecule has 0 aromatic heterocycles. The Bertz CT molecular complexity index is 887. The molecular formula is C23H29BN2O6. The first-order chi connectivity index (χ1) is 15.4. The number of benzene rings is 2. The van der Waals surface area contributed by atoms with Gasteiger partial charge in [0, 0.05) is 34.0 Å². The van der Waals surface area contributed by atoms with Crippen LogP contribution in [0.25, 0.3) is 0 Å². The van der Waals surface area contributed by atoms with Crippen molar-refractivity contribution in [3.05, 3.63) is 65.7 Å². The van der Waals surface area contributed by atoms with Gasteiger partial charge in [-0.15, -0.1) is 0 Å². The highest BCUT2D eigenvalue weighted by Gasteiger charge is 2.27. The Morgan fingerprint density at radius 2 is 1.38 bits per heavy atom. The van der Waals surface area contributed by atoms with Crippen molar-refractivity contribution in [2.75, 3.05) is 21.3 Å². The molecule has 9 heteroatoms. The predicted molar refractivity (Wildman–Crippen MR) is 121 cm³/mol. The second kappa shape index (κ2) is 12.6. The first-order valence-electron chi connectivity index (χ1n) is 10.2. The van der Waals surface area contributed by atoms with Crippen molar-refractivity contribution >= 4 is 30.4 Å². The van der Waals surface area contributed by atoms with Gasteiger partial charge in [0.25, 0.3) is 0 Å². The van der Waals surface area contributed by atoms with E-state index in [1.807, 2.05) is 54.6 Å². The molecule has 32 heavy (non-hydrogen) atoms. The van der Waals surface area contributed by atoms with Gasteiger partial charge < -0.3 is 24.7 Å². The number of hydrogen-bond donors (Lipinski definition) is 2. The highest BCUT2D eigenvalue weighted by Crippen LogP contribution is 2.08. The van der Waals surface area contributed by atoms with Gasteiger partial charge in [0.05, 0.1) is 7.11 Å². The molecule has 0 unspecified atom stereocenters. The smallest absolute Gasteiger partial charge is 0.467 e. The molecule has 0 aliphatic carbocycles. The number of nitrogens with one attached hydrogen (secondary N) is 2. The van der Waals surface area contributed by atoms with Crippen molar-refractivity contribution < 1.29 is 28.4 Å². The SMILES string of the molecule is COB(OC)c1ccc(C[C@H](NC(=O)[C@H](Cc2ccccc2)NC(C)=O)C(=O)OC)cc1. The van der Waals surface area contributed by atoms with Crippen LogP contribution in [-0.2, 0) is 41.3 Å². The summed E-state index contributed by atoms with van der Waals surface area (Å²) in [6, 6.07) is 14.9. The van der Waals surface area contributed by atoms with Gasteiger partial charge in [0.1, 0.15) is 12.1 Å². The van der Waals surface area contributed by atoms with Gasteiger partial charge in [0.15, 0.2) is 0 Å². The fourth-order valence-electron chi connectivity index (χ4n) is 3.33. The number of esters is 1. The summed E-state index contributed by atoms with van der Waals surface area (Å²) in [5, 5.41) is 5.38. The zero-order valence-electron chi connectivity index (χ0n) is 18.8. The zero-order chi connectivity index (χ0) is 23.5. The second-order valence-electron chi connectivity index (χ2n) is 7.28. The lowest BCUT2D eigenvalue weighted by Crippen LogP contribution is -2.53. The Labute approximate surface area is 188 Å². The van der Waals surface area contributed by atoms with Crippen molar-refractivity contribution in [2.45, 2.75) is 31.8 Å². The average molecular weight is 440 g/mol. The monoisotopic (exact) mass is 440 g/mol. The number of carbonyl (C=O) groups is 3. The van der Waals surface area contributed by atoms with E-state index in [0.29, 0.717) is 6.42 Å². The zero-order valence-corrected chi connectivity index (χ0v) is 18.8. The van der Waals surface area contributed by atoms with Gasteiger partial charge in [-0.25, -0.2) is 4.79 Å². The average Bonchev–Trinajstić information content (AvgIpc) is 2.79. The first kappa shape index (κ1) is 25.1. The fourth-order valence-corrected chi connectivity index (χ4v) is 3.33. The molecular weight excluding hydrogens is 411 g/mol. The summed E-state index contributed by atoms with van der Waals surface area (Å²) >= 11 is 0. The molecule has 0 bridgehead atoms. The Morgan fingerprint density at radius 1 is 0.812 bits per heavy atom. The predicted octanol–water partition coefficient (Wildman–Crippen LogP) is 0.622. The first-order valence-corrected chi connectivity index (χ1v) is 10.2. The van der Waals surface area contributed by atoms with Crippen LogP contribution in [0, 0.1) is 0 Å². The van der Waals surface area contributed by atoms with Gasteiger partial charge in [-0.3, -0.25) is 9.59 Å². The lowest BCUT2D eigenvalue weighted by molar-refractivity contribution is -0.145. The third kappa shape index (κ3) is 7.51. The Morgan fingerprint density at radius 3 is 1.91 bits per heavy atom. The molecule has 0 heterocycles. The van der Waals surface area contributed by atoms with Crippen molar-refractivity contribution in [1.29, 1.82) is 0 Å². The summed E-state index contributed by atoms with van der Waals surface area (Å²) < 4.78 is 15.3. The van der Waals surface area contributed by atoms with E-state index < -0.39 is 31.1 Å². The van der Waals surface area contributed by atoms with Crippen LogP contribution in [0.4, 0.5) is 0 Å². The summed E-state index contributed by atoms with van der Waals surface area (Å²) in [7, 11) is 3.87. The van der Waals surface area contributed by atoms with Gasteiger partial charge >= 0.3 is 13.1 Å². The summed E-state index contributed by atoms with van der Waals surface area (Å²) in [6.45, 7) is 1.35. The number of carbonyl (C=O) groups excluding carboxylic acids is 3. The normalized spacial score (nSPS) is 12.4. The van der Waals surface area contributed by atoms with Crippen molar-refractivity contribution in [2.24, 2.45) is 0 Å². The number of amides is 2. The van der Waals surface area contributed by atoms with Crippen molar-refractivity contribution in [1.82, 2.24) is 10.6 Å². The highest BCUT2D eigenvalue weighted by atomic mass is 16.6. The minimum absolute atomic E-state index is 0.224. The summed E-state index contributed by atoms with van der Waals surface area (Å²) in [6.07, 6.45) is 0.520. The maximum absolute atomic E-state index is 13.0. The van der Waals surface area contributed by atoms with Crippen molar-refractivity contribution in [3.8, 4) is 0 Å². The molecule has 8 nitrogen and oxygen atoms in total. The molecule has 2 atom stereocenters. The Hall–Kier alpha value is -3.17. The minimum atomic E-state index is -0.911. The van der Waals surface area contributed by atoms with E-state index in [2.05, 4.69) is 10.6 Å². The molecule has 2 N–H and O–H groups in total. The number of rotatable bonds is 11. The molecule has 170 valence electrons. The number of methoxy groups -OCH3 is 1. The molecule has 0 aliphatic heterocycles. The second-order valence-corrected chi connectivity index (χ2v) is 7.28. The van der Waals surface area contributed by atoms with Crippen molar-refractivity contribution in [3.63, 3.8) is 0 Å². The number of hydrogen-bond acceptors (Lipinski definition) is 6. The van der Waals surface area contributed by atoms with Gasteiger partial charge in [-0.1, -0.05) is 54.6 Å². The third-order valence-electron chi connectivity index (χ3n) is 4.90. The minimum Gasteiger partial charge on any atom is -0.467 e. The van der Waals surface area contributed by atoms with E-state index in [9.17, 15) is 14.4 Å². The van der Waals surface area contributed by atoms with E-state index in [4.69, 9.17) is 14.0 Å². The van der Waals surface area contributed by atoms with Crippen LogP contribution >= 0.6 is 0 Å². The van der Waals surface area contributed by atoms with Gasteiger partial charge in [-0.2, -0.15) is 0 Å². The topological polar surface area (TPSA) is 103 Å². The van der Waals surface area contributed by atoms with E-state index in [1.54, 1.807) is 14.2 Å². The van der Waals surface area contributed by atoms with E-state index in [0.717, 1.165) is 16.6 Å². The molecule has 2 aromatic rings. The molecule has 0 saturated carbocycles. The molecule has 0 spiro atoms. The molecule has 0 aliphatic rings. The Balaban J connectivity index is 2.14. The lowest BCUT2D eigenvalue weighted by Gasteiger charge is -2.22. The van der Waals surface area contributed by atoms with E-state index in [-0.39, 0.29) is 12.3 Å². The van der Waals surface area contributed by atoms with Crippen LogP contribution in [0.5, 0.6) is 0 Å². The van der Waals surface area contributed by atoms with E-state index >= 15 is 0 Å². The van der Waals surface area contributed by atoms with Crippen LogP contribution in [0.2, 0.25) is 0 Å². The van der Waals surface area contributed by atoms with Crippen LogP contribution in [0.3, 0.4) is 0 Å². The standard InChI is InChI=1S/C23H29BN2O6/c1-16(27)25-20(14-17-8-6-5-7-9-17)22(28)26-21(23(29)30-2)15-18-10-12-19(13-11-18)24(31-3)32-4/h5-13,20-21H,14-15H2,1-4H3,(H,25,27)(H,26,28)/t20-,21-/m0/s1. The molecule has 2 amide bonds. The molecule has 0 radical (unpaired) electrons. The quantitative estimate of drug-likeness (QED) is 0.393. The fraction of sp³-hybridized carbons (Fsp3) is 0.348. The highest BCUT2D eigenvalue weighted by molar-refractivity contribution is 6.61. The molecule has 0 saturated heterocycles. The largest absolute Gasteiger partial charge is 0.493 e. The molecule has 2 rings (SSSR count). The molecule has 0 fully saturated rings. The molecule has 2 aromatic carbocycles. The van der Waals surface area contributed by atoms with Crippen LogP contribution in [0.15, 0.2) is 54.6 Å². The third-order valence-corrected chi connectivity index (χ3v) is 4.90. The summed E-state index contributed by atoms with van der Waals surface area (Å²) in [5.74, 6) is -1.37. The van der Waals surface area contributed by atoms with Crippen LogP contribution < -0.4 is 16.1 Å². The van der Waals surface area contributed by atoms with E-state index in [1.165, 1.54) is 14.0 Å². The maximum Gasteiger partial charge on any atom is 0.493 e. The summed E-state index contributed by atoms with van der Waals surface area (Å²) in [5.41, 5.74) is 2.53.